The van der Waals surface area contributed by atoms with Crippen molar-refractivity contribution in [2.75, 3.05) is 49.6 Å². The maximum atomic E-state index is 12.6. The minimum atomic E-state index is -3.44. The molecular weight excluding hydrogens is 410 g/mol. The van der Waals surface area contributed by atoms with Gasteiger partial charge in [-0.1, -0.05) is 6.07 Å². The van der Waals surface area contributed by atoms with Crippen LogP contribution >= 0.6 is 11.3 Å². The molecule has 156 valence electrons. The Kier molecular flexibility index (Phi) is 6.19. The number of anilines is 2. The summed E-state index contributed by atoms with van der Waals surface area (Å²) in [5, 5.41) is 4.74. The van der Waals surface area contributed by atoms with Crippen LogP contribution in [0.1, 0.15) is 12.8 Å². The molecule has 1 aromatic carbocycles. The number of thiophene rings is 1. The van der Waals surface area contributed by atoms with Crippen LogP contribution in [0.25, 0.3) is 0 Å². The summed E-state index contributed by atoms with van der Waals surface area (Å²) >= 11 is 1.22. The van der Waals surface area contributed by atoms with Gasteiger partial charge in [-0.3, -0.25) is 4.79 Å². The number of carbonyl (C=O) groups is 1. The molecule has 7 nitrogen and oxygen atoms in total. The fraction of sp³-hybridized carbons (Fsp3) is 0.450. The third-order valence-electron chi connectivity index (χ3n) is 5.43. The molecule has 0 bridgehead atoms. The number of amides is 1. The first kappa shape index (κ1) is 20.3. The second kappa shape index (κ2) is 8.83. The van der Waals surface area contributed by atoms with Gasteiger partial charge in [0.2, 0.25) is 5.91 Å². The normalized spacial score (nSPS) is 19.2. The predicted molar refractivity (Wildman–Crippen MR) is 114 cm³/mol. The summed E-state index contributed by atoms with van der Waals surface area (Å²) in [5.74, 6) is -0.221. The molecule has 3 heterocycles. The maximum absolute atomic E-state index is 12.6. The monoisotopic (exact) mass is 435 g/mol. The first-order valence-corrected chi connectivity index (χ1v) is 12.1. The lowest BCUT2D eigenvalue weighted by Crippen LogP contribution is -2.41. The molecule has 0 radical (unpaired) electrons. The number of piperidine rings is 1. The second-order valence-electron chi connectivity index (χ2n) is 7.25. The van der Waals surface area contributed by atoms with Crippen LogP contribution in [0.15, 0.2) is 46.0 Å². The maximum Gasteiger partial charge on any atom is 0.252 e. The van der Waals surface area contributed by atoms with Crippen molar-refractivity contribution >= 4 is 38.6 Å². The minimum absolute atomic E-state index is 0.0442. The Morgan fingerprint density at radius 2 is 1.72 bits per heavy atom. The van der Waals surface area contributed by atoms with E-state index in [-0.39, 0.29) is 11.8 Å². The topological polar surface area (TPSA) is 79.0 Å². The molecule has 2 aliphatic heterocycles. The highest BCUT2D eigenvalue weighted by molar-refractivity contribution is 7.91. The molecule has 0 saturated carbocycles. The van der Waals surface area contributed by atoms with E-state index in [0.29, 0.717) is 30.1 Å². The quantitative estimate of drug-likeness (QED) is 0.781. The van der Waals surface area contributed by atoms with Gasteiger partial charge in [0.25, 0.3) is 10.0 Å². The fourth-order valence-corrected chi connectivity index (χ4v) is 6.33. The van der Waals surface area contributed by atoms with E-state index in [1.165, 1.54) is 15.6 Å². The lowest BCUT2D eigenvalue weighted by Gasteiger charge is -2.30. The van der Waals surface area contributed by atoms with Gasteiger partial charge < -0.3 is 15.0 Å². The van der Waals surface area contributed by atoms with E-state index in [1.54, 1.807) is 17.5 Å². The van der Waals surface area contributed by atoms with Gasteiger partial charge in [-0.15, -0.1) is 11.3 Å². The molecule has 9 heteroatoms. The number of morpholine rings is 1. The lowest BCUT2D eigenvalue weighted by molar-refractivity contribution is -0.120. The molecule has 4 rings (SSSR count). The van der Waals surface area contributed by atoms with Crippen molar-refractivity contribution in [3.63, 3.8) is 0 Å². The summed E-state index contributed by atoms with van der Waals surface area (Å²) in [7, 11) is -3.44. The number of nitrogens with one attached hydrogen (secondary N) is 1. The Labute approximate surface area is 175 Å². The zero-order valence-corrected chi connectivity index (χ0v) is 17.8. The number of rotatable bonds is 5. The Morgan fingerprint density at radius 1 is 1.03 bits per heavy atom. The van der Waals surface area contributed by atoms with Crippen LogP contribution in [0, 0.1) is 5.92 Å². The number of hydrogen-bond acceptors (Lipinski definition) is 6. The average molecular weight is 436 g/mol. The molecule has 2 fully saturated rings. The number of benzene rings is 1. The molecule has 0 aliphatic carbocycles. The number of sulfonamides is 1. The van der Waals surface area contributed by atoms with E-state index in [1.807, 2.05) is 24.3 Å². The van der Waals surface area contributed by atoms with Crippen molar-refractivity contribution in [1.29, 1.82) is 0 Å². The van der Waals surface area contributed by atoms with Crippen LogP contribution in [-0.4, -0.2) is 58.0 Å². The summed E-state index contributed by atoms with van der Waals surface area (Å²) in [6.45, 7) is 3.96. The van der Waals surface area contributed by atoms with Crippen molar-refractivity contribution in [2.24, 2.45) is 5.92 Å². The number of ether oxygens (including phenoxy) is 1. The van der Waals surface area contributed by atoms with E-state index in [2.05, 4.69) is 10.2 Å². The van der Waals surface area contributed by atoms with E-state index >= 15 is 0 Å². The van der Waals surface area contributed by atoms with Gasteiger partial charge >= 0.3 is 0 Å². The predicted octanol–water partition coefficient (Wildman–Crippen LogP) is 2.62. The molecule has 2 aromatic rings. The Morgan fingerprint density at radius 3 is 2.34 bits per heavy atom. The Bertz CT molecular complexity index is 915. The Balaban J connectivity index is 1.31. The highest BCUT2D eigenvalue weighted by atomic mass is 32.2. The molecule has 2 aliphatic rings. The molecule has 0 atom stereocenters. The first-order valence-electron chi connectivity index (χ1n) is 9.81. The van der Waals surface area contributed by atoms with E-state index < -0.39 is 10.0 Å². The number of nitrogens with zero attached hydrogens (tertiary/aromatic N) is 2. The zero-order chi connectivity index (χ0) is 20.3. The highest BCUT2D eigenvalue weighted by Crippen LogP contribution is 2.27. The highest BCUT2D eigenvalue weighted by Gasteiger charge is 2.32. The minimum Gasteiger partial charge on any atom is -0.378 e. The summed E-state index contributed by atoms with van der Waals surface area (Å²) in [6.07, 6.45) is 1.06. The molecule has 0 spiro atoms. The van der Waals surface area contributed by atoms with Crippen LogP contribution in [0.3, 0.4) is 0 Å². The van der Waals surface area contributed by atoms with Crippen LogP contribution in [0.5, 0.6) is 0 Å². The van der Waals surface area contributed by atoms with Crippen LogP contribution < -0.4 is 10.2 Å². The van der Waals surface area contributed by atoms with Crippen LogP contribution in [0.2, 0.25) is 0 Å². The number of hydrogen-bond donors (Lipinski definition) is 1. The number of carbonyl (C=O) groups excluding carboxylic acids is 1. The SMILES string of the molecule is O=C(Nc1ccc(N2CCOCC2)cc1)C1CCN(S(=O)(=O)c2cccs2)CC1. The van der Waals surface area contributed by atoms with Gasteiger partial charge in [0.15, 0.2) is 0 Å². The van der Waals surface area contributed by atoms with Gasteiger partial charge in [0.05, 0.1) is 13.2 Å². The fourth-order valence-electron chi connectivity index (χ4n) is 3.72. The molecule has 1 amide bonds. The molecule has 0 unspecified atom stereocenters. The Hall–Kier alpha value is -1.94. The van der Waals surface area contributed by atoms with Gasteiger partial charge in [0.1, 0.15) is 4.21 Å². The van der Waals surface area contributed by atoms with E-state index in [4.69, 9.17) is 4.74 Å². The molecule has 29 heavy (non-hydrogen) atoms. The van der Waals surface area contributed by atoms with Crippen LogP contribution in [0.4, 0.5) is 11.4 Å². The van der Waals surface area contributed by atoms with Crippen molar-refractivity contribution in [3.05, 3.63) is 41.8 Å². The third-order valence-corrected chi connectivity index (χ3v) is 8.70. The molecule has 2 saturated heterocycles. The van der Waals surface area contributed by atoms with E-state index in [0.717, 1.165) is 37.7 Å². The van der Waals surface area contributed by atoms with E-state index in [9.17, 15) is 13.2 Å². The zero-order valence-electron chi connectivity index (χ0n) is 16.1. The first-order chi connectivity index (χ1) is 14.0. The van der Waals surface area contributed by atoms with Crippen molar-refractivity contribution in [2.45, 2.75) is 17.1 Å². The lowest BCUT2D eigenvalue weighted by atomic mass is 9.97. The summed E-state index contributed by atoms with van der Waals surface area (Å²) in [4.78, 5) is 14.9. The summed E-state index contributed by atoms with van der Waals surface area (Å²) in [5.41, 5.74) is 1.89. The van der Waals surface area contributed by atoms with Gasteiger partial charge in [-0.2, -0.15) is 4.31 Å². The molecule has 1 N–H and O–H groups in total. The van der Waals surface area contributed by atoms with Crippen molar-refractivity contribution in [1.82, 2.24) is 4.31 Å². The average Bonchev–Trinajstić information content (AvgIpc) is 3.31. The summed E-state index contributed by atoms with van der Waals surface area (Å²) in [6, 6.07) is 11.2. The van der Waals surface area contributed by atoms with Crippen molar-refractivity contribution in [3.8, 4) is 0 Å². The van der Waals surface area contributed by atoms with Crippen LogP contribution in [-0.2, 0) is 19.6 Å². The molecule has 1 aromatic heterocycles. The van der Waals surface area contributed by atoms with Crippen molar-refractivity contribution < 1.29 is 17.9 Å². The van der Waals surface area contributed by atoms with Gasteiger partial charge in [-0.25, -0.2) is 8.42 Å². The standard InChI is InChI=1S/C20H25N3O4S2/c24-20(21-17-3-5-18(6-4-17)22-11-13-27-14-12-22)16-7-9-23(10-8-16)29(25,26)19-2-1-15-28-19/h1-6,15-16H,7-14H2,(H,21,24). The third kappa shape index (κ3) is 4.63. The second-order valence-corrected chi connectivity index (χ2v) is 10.4. The largest absolute Gasteiger partial charge is 0.378 e. The summed E-state index contributed by atoms with van der Waals surface area (Å²) < 4.78 is 32.4. The smallest absolute Gasteiger partial charge is 0.252 e. The van der Waals surface area contributed by atoms with Gasteiger partial charge in [-0.05, 0) is 48.6 Å². The van der Waals surface area contributed by atoms with Gasteiger partial charge in [0, 0.05) is 43.5 Å². The molecular formula is C20H25N3O4S2.